The van der Waals surface area contributed by atoms with Crippen molar-refractivity contribution in [1.29, 1.82) is 0 Å². The van der Waals surface area contributed by atoms with E-state index in [9.17, 15) is 4.79 Å². The van der Waals surface area contributed by atoms with Crippen LogP contribution in [0.1, 0.15) is 33.1 Å². The van der Waals surface area contributed by atoms with Crippen LogP contribution < -0.4 is 0 Å². The smallest absolute Gasteiger partial charge is 0.317 e. The molecular weight excluding hydrogens is 202 g/mol. The topological polar surface area (TPSA) is 40.5 Å². The molecule has 0 amide bonds. The second-order valence-electron chi connectivity index (χ2n) is 5.03. The van der Waals surface area contributed by atoms with Crippen molar-refractivity contribution in [2.75, 3.05) is 13.1 Å². The maximum Gasteiger partial charge on any atom is 0.317 e. The average molecular weight is 225 g/mol. The molecule has 0 heterocycles. The Bertz CT molecular complexity index is 252. The molecule has 1 aliphatic carbocycles. The van der Waals surface area contributed by atoms with Gasteiger partial charge in [0.2, 0.25) is 0 Å². The number of carboxylic acids is 1. The highest BCUT2D eigenvalue weighted by Crippen LogP contribution is 2.31. The van der Waals surface area contributed by atoms with Crippen molar-refractivity contribution in [2.45, 2.75) is 39.2 Å². The predicted octanol–water partition coefficient (Wildman–Crippen LogP) is 2.38. The molecule has 1 N–H and O–H groups in total. The van der Waals surface area contributed by atoms with Crippen molar-refractivity contribution in [3.8, 4) is 0 Å². The Morgan fingerprint density at radius 1 is 1.44 bits per heavy atom. The van der Waals surface area contributed by atoms with E-state index in [1.807, 2.05) is 4.90 Å². The fourth-order valence-electron chi connectivity index (χ4n) is 2.53. The lowest BCUT2D eigenvalue weighted by atomic mass is 9.78. The van der Waals surface area contributed by atoms with Gasteiger partial charge in [0, 0.05) is 12.6 Å². The number of hydrogen-bond acceptors (Lipinski definition) is 2. The zero-order chi connectivity index (χ0) is 12.1. The maximum absolute atomic E-state index is 10.8. The van der Waals surface area contributed by atoms with Crippen molar-refractivity contribution in [1.82, 2.24) is 4.90 Å². The van der Waals surface area contributed by atoms with E-state index in [0.717, 1.165) is 18.8 Å². The lowest BCUT2D eigenvalue weighted by Crippen LogP contribution is -2.43. The molecule has 1 rings (SSSR count). The summed E-state index contributed by atoms with van der Waals surface area (Å²) in [6.07, 6.45) is 5.24. The lowest BCUT2D eigenvalue weighted by Gasteiger charge is -2.38. The number of nitrogens with zero attached hydrogens (tertiary/aromatic N) is 1. The zero-order valence-corrected chi connectivity index (χ0v) is 10.4. The molecule has 0 saturated heterocycles. The molecule has 3 atom stereocenters. The maximum atomic E-state index is 10.8. The van der Waals surface area contributed by atoms with Crippen LogP contribution in [-0.4, -0.2) is 35.1 Å². The van der Waals surface area contributed by atoms with Gasteiger partial charge in [-0.25, -0.2) is 0 Å². The number of hydrogen-bond donors (Lipinski definition) is 1. The summed E-state index contributed by atoms with van der Waals surface area (Å²) in [6.45, 7) is 9.07. The second-order valence-corrected chi connectivity index (χ2v) is 5.03. The normalized spacial score (nSPS) is 30.3. The van der Waals surface area contributed by atoms with E-state index in [-0.39, 0.29) is 6.54 Å². The van der Waals surface area contributed by atoms with Crippen LogP contribution in [0.5, 0.6) is 0 Å². The molecule has 0 aromatic heterocycles. The van der Waals surface area contributed by atoms with Crippen LogP contribution in [0.25, 0.3) is 0 Å². The summed E-state index contributed by atoms with van der Waals surface area (Å²) in [6, 6.07) is 0.417. The Kier molecular flexibility index (Phi) is 5.00. The molecule has 0 spiro atoms. The van der Waals surface area contributed by atoms with Gasteiger partial charge in [-0.1, -0.05) is 19.9 Å². The number of carboxylic acid groups (broad SMARTS) is 1. The van der Waals surface area contributed by atoms with Crippen LogP contribution in [0.3, 0.4) is 0 Å². The Morgan fingerprint density at radius 3 is 2.62 bits per heavy atom. The second kappa shape index (κ2) is 6.04. The van der Waals surface area contributed by atoms with Gasteiger partial charge >= 0.3 is 5.97 Å². The Labute approximate surface area is 98.1 Å². The van der Waals surface area contributed by atoms with Crippen LogP contribution in [0.4, 0.5) is 0 Å². The van der Waals surface area contributed by atoms with E-state index >= 15 is 0 Å². The van der Waals surface area contributed by atoms with Crippen molar-refractivity contribution in [3.63, 3.8) is 0 Å². The molecule has 0 aliphatic heterocycles. The lowest BCUT2D eigenvalue weighted by molar-refractivity contribution is -0.139. The summed E-state index contributed by atoms with van der Waals surface area (Å²) in [7, 11) is 0. The van der Waals surface area contributed by atoms with E-state index in [2.05, 4.69) is 20.4 Å². The van der Waals surface area contributed by atoms with Crippen LogP contribution in [0.15, 0.2) is 12.7 Å². The van der Waals surface area contributed by atoms with E-state index < -0.39 is 5.97 Å². The fourth-order valence-corrected chi connectivity index (χ4v) is 2.53. The van der Waals surface area contributed by atoms with E-state index in [1.54, 1.807) is 6.08 Å². The van der Waals surface area contributed by atoms with Crippen molar-refractivity contribution in [3.05, 3.63) is 12.7 Å². The third kappa shape index (κ3) is 3.63. The minimum Gasteiger partial charge on any atom is -0.480 e. The first-order valence-electron chi connectivity index (χ1n) is 6.11. The zero-order valence-electron chi connectivity index (χ0n) is 10.4. The van der Waals surface area contributed by atoms with Gasteiger partial charge in [-0.2, -0.15) is 0 Å². The Morgan fingerprint density at radius 2 is 2.12 bits per heavy atom. The summed E-state index contributed by atoms with van der Waals surface area (Å²) in [5.74, 6) is 0.722. The molecule has 0 radical (unpaired) electrons. The first-order chi connectivity index (χ1) is 7.54. The fraction of sp³-hybridized carbons (Fsp3) is 0.769. The molecule has 1 aliphatic rings. The van der Waals surface area contributed by atoms with Crippen molar-refractivity contribution >= 4 is 5.97 Å². The first-order valence-corrected chi connectivity index (χ1v) is 6.11. The van der Waals surface area contributed by atoms with Gasteiger partial charge in [-0.05, 0) is 31.1 Å². The molecule has 16 heavy (non-hydrogen) atoms. The largest absolute Gasteiger partial charge is 0.480 e. The van der Waals surface area contributed by atoms with Gasteiger partial charge in [0.25, 0.3) is 0 Å². The monoisotopic (exact) mass is 225 g/mol. The van der Waals surface area contributed by atoms with E-state index in [4.69, 9.17) is 5.11 Å². The molecule has 92 valence electrons. The third-order valence-corrected chi connectivity index (χ3v) is 3.79. The van der Waals surface area contributed by atoms with Gasteiger partial charge in [0.05, 0.1) is 6.54 Å². The Balaban J connectivity index is 2.57. The van der Waals surface area contributed by atoms with E-state index in [1.165, 1.54) is 6.42 Å². The SMILES string of the molecule is C=CCN(CC(=O)O)C1CCC(C)C(C)C1. The first kappa shape index (κ1) is 13.2. The molecule has 0 aromatic rings. The Hall–Kier alpha value is -0.830. The quantitative estimate of drug-likeness (QED) is 0.730. The van der Waals surface area contributed by atoms with Crippen LogP contribution >= 0.6 is 0 Å². The third-order valence-electron chi connectivity index (χ3n) is 3.79. The number of carbonyl (C=O) groups is 1. The molecule has 3 nitrogen and oxygen atoms in total. The molecule has 0 bridgehead atoms. The van der Waals surface area contributed by atoms with Gasteiger partial charge < -0.3 is 5.11 Å². The summed E-state index contributed by atoms with van der Waals surface area (Å²) >= 11 is 0. The summed E-state index contributed by atoms with van der Waals surface area (Å²) < 4.78 is 0. The minimum atomic E-state index is -0.742. The van der Waals surface area contributed by atoms with Gasteiger partial charge in [0.1, 0.15) is 0 Å². The van der Waals surface area contributed by atoms with Crippen LogP contribution in [0.2, 0.25) is 0 Å². The van der Waals surface area contributed by atoms with Crippen LogP contribution in [-0.2, 0) is 4.79 Å². The standard InChI is InChI=1S/C13H23NO2/c1-4-7-14(9-13(15)16)12-6-5-10(2)11(3)8-12/h4,10-12H,1,5-9H2,2-3H3,(H,15,16). The van der Waals surface area contributed by atoms with Gasteiger partial charge in [-0.3, -0.25) is 9.69 Å². The average Bonchev–Trinajstić information content (AvgIpc) is 2.21. The van der Waals surface area contributed by atoms with Gasteiger partial charge in [-0.15, -0.1) is 6.58 Å². The van der Waals surface area contributed by atoms with E-state index in [0.29, 0.717) is 18.5 Å². The predicted molar refractivity (Wildman–Crippen MR) is 65.4 cm³/mol. The van der Waals surface area contributed by atoms with Crippen molar-refractivity contribution in [2.24, 2.45) is 11.8 Å². The highest BCUT2D eigenvalue weighted by Gasteiger charge is 2.28. The summed E-state index contributed by atoms with van der Waals surface area (Å²) in [5.41, 5.74) is 0. The molecule has 1 saturated carbocycles. The summed E-state index contributed by atoms with van der Waals surface area (Å²) in [5, 5.41) is 8.88. The number of aliphatic carboxylic acids is 1. The molecule has 3 heteroatoms. The molecular formula is C13H23NO2. The minimum absolute atomic E-state index is 0.137. The van der Waals surface area contributed by atoms with Gasteiger partial charge in [0.15, 0.2) is 0 Å². The highest BCUT2D eigenvalue weighted by atomic mass is 16.4. The van der Waals surface area contributed by atoms with Crippen molar-refractivity contribution < 1.29 is 9.90 Å². The molecule has 0 aromatic carbocycles. The number of rotatable bonds is 5. The molecule has 3 unspecified atom stereocenters. The summed E-state index contributed by atoms with van der Waals surface area (Å²) in [4.78, 5) is 12.8. The molecule has 1 fully saturated rings. The highest BCUT2D eigenvalue weighted by molar-refractivity contribution is 5.69. The van der Waals surface area contributed by atoms with Crippen LogP contribution in [0, 0.1) is 11.8 Å².